The first-order valence-corrected chi connectivity index (χ1v) is 2.85. The van der Waals surface area contributed by atoms with E-state index in [1.807, 2.05) is 6.07 Å². The Morgan fingerprint density at radius 2 is 2.11 bits per heavy atom. The first-order valence-electron chi connectivity index (χ1n) is 2.85. The zero-order valence-corrected chi connectivity index (χ0v) is 5.59. The standard InChI is InChI=1S/C6H11NO2/c1-8-5-6-9-4-2-3-7/h2,4-6H2,1H3. The lowest BCUT2D eigenvalue weighted by molar-refractivity contribution is 0.0735. The molecule has 0 atom stereocenters. The van der Waals surface area contributed by atoms with Gasteiger partial charge < -0.3 is 9.47 Å². The van der Waals surface area contributed by atoms with Gasteiger partial charge in [0.1, 0.15) is 0 Å². The van der Waals surface area contributed by atoms with Crippen LogP contribution in [0.1, 0.15) is 6.42 Å². The van der Waals surface area contributed by atoms with Crippen LogP contribution in [0.3, 0.4) is 0 Å². The molecule has 0 aliphatic carbocycles. The lowest BCUT2D eigenvalue weighted by atomic mass is 10.5. The van der Waals surface area contributed by atoms with Crippen LogP contribution >= 0.6 is 0 Å². The van der Waals surface area contributed by atoms with Crippen molar-refractivity contribution in [3.8, 4) is 6.07 Å². The number of rotatable bonds is 5. The molecule has 9 heavy (non-hydrogen) atoms. The number of methoxy groups -OCH3 is 1. The Morgan fingerprint density at radius 3 is 2.67 bits per heavy atom. The minimum Gasteiger partial charge on any atom is -0.382 e. The second kappa shape index (κ2) is 7.41. The molecule has 0 spiro atoms. The molecule has 0 aromatic rings. The maximum absolute atomic E-state index is 8.06. The Bertz CT molecular complexity index is 87.5. The third kappa shape index (κ3) is 7.41. The maximum atomic E-state index is 8.06. The van der Waals surface area contributed by atoms with Crippen molar-refractivity contribution in [1.29, 1.82) is 5.26 Å². The molecule has 0 aromatic carbocycles. The van der Waals surface area contributed by atoms with Crippen molar-refractivity contribution in [2.24, 2.45) is 0 Å². The van der Waals surface area contributed by atoms with Crippen LogP contribution in [0.2, 0.25) is 0 Å². The van der Waals surface area contributed by atoms with Crippen LogP contribution in [0.5, 0.6) is 0 Å². The number of ether oxygens (including phenoxy) is 2. The predicted octanol–water partition coefficient (Wildman–Crippen LogP) is 0.563. The minimum absolute atomic E-state index is 0.462. The van der Waals surface area contributed by atoms with E-state index in [0.717, 1.165) is 0 Å². The molecule has 0 radical (unpaired) electrons. The van der Waals surface area contributed by atoms with Gasteiger partial charge in [0, 0.05) is 7.11 Å². The van der Waals surface area contributed by atoms with Gasteiger partial charge in [0.05, 0.1) is 32.3 Å². The molecule has 0 aliphatic heterocycles. The van der Waals surface area contributed by atoms with E-state index in [2.05, 4.69) is 0 Å². The highest BCUT2D eigenvalue weighted by molar-refractivity contribution is 4.66. The molecule has 0 bridgehead atoms. The molecule has 0 fully saturated rings. The summed E-state index contributed by atoms with van der Waals surface area (Å²) in [6, 6.07) is 1.98. The SMILES string of the molecule is COCCOCCC#N. The highest BCUT2D eigenvalue weighted by atomic mass is 16.5. The second-order valence-corrected chi connectivity index (χ2v) is 1.51. The molecule has 0 aliphatic rings. The van der Waals surface area contributed by atoms with Crippen LogP contribution in [-0.2, 0) is 9.47 Å². The molecule has 0 aromatic heterocycles. The van der Waals surface area contributed by atoms with Gasteiger partial charge in [-0.2, -0.15) is 5.26 Å². The summed E-state index contributed by atoms with van der Waals surface area (Å²) in [7, 11) is 1.62. The van der Waals surface area contributed by atoms with Crippen molar-refractivity contribution >= 4 is 0 Å². The van der Waals surface area contributed by atoms with Crippen LogP contribution in [-0.4, -0.2) is 26.9 Å². The van der Waals surface area contributed by atoms with Crippen molar-refractivity contribution in [2.45, 2.75) is 6.42 Å². The Hall–Kier alpha value is -0.590. The van der Waals surface area contributed by atoms with E-state index in [0.29, 0.717) is 26.2 Å². The van der Waals surface area contributed by atoms with Crippen LogP contribution < -0.4 is 0 Å². The molecule has 0 unspecified atom stereocenters. The quantitative estimate of drug-likeness (QED) is 0.509. The highest BCUT2D eigenvalue weighted by Crippen LogP contribution is 1.79. The van der Waals surface area contributed by atoms with Gasteiger partial charge in [0.2, 0.25) is 0 Å². The molecular formula is C6H11NO2. The zero-order chi connectivity index (χ0) is 6.95. The Kier molecular flexibility index (Phi) is 6.92. The molecule has 3 nitrogen and oxygen atoms in total. The summed E-state index contributed by atoms with van der Waals surface area (Å²) >= 11 is 0. The van der Waals surface area contributed by atoms with Gasteiger partial charge in [0.25, 0.3) is 0 Å². The Morgan fingerprint density at radius 1 is 1.33 bits per heavy atom. The molecule has 0 heterocycles. The number of hydrogen-bond acceptors (Lipinski definition) is 3. The molecule has 0 saturated carbocycles. The van der Waals surface area contributed by atoms with Gasteiger partial charge >= 0.3 is 0 Å². The Balaban J connectivity index is 2.69. The number of hydrogen-bond donors (Lipinski definition) is 0. The third-order valence-corrected chi connectivity index (χ3v) is 0.790. The summed E-state index contributed by atoms with van der Waals surface area (Å²) in [5, 5.41) is 8.06. The Labute approximate surface area is 55.2 Å². The molecule has 3 heteroatoms. The lowest BCUT2D eigenvalue weighted by Gasteiger charge is -1.97. The van der Waals surface area contributed by atoms with E-state index < -0.39 is 0 Å². The molecule has 52 valence electrons. The largest absolute Gasteiger partial charge is 0.382 e. The van der Waals surface area contributed by atoms with Crippen molar-refractivity contribution < 1.29 is 9.47 Å². The summed E-state index contributed by atoms with van der Waals surface area (Å²) in [4.78, 5) is 0. The summed E-state index contributed by atoms with van der Waals surface area (Å²) < 4.78 is 9.68. The van der Waals surface area contributed by atoms with Crippen LogP contribution in [0, 0.1) is 11.3 Å². The summed E-state index contributed by atoms with van der Waals surface area (Å²) in [5.41, 5.74) is 0. The van der Waals surface area contributed by atoms with Crippen LogP contribution in [0.25, 0.3) is 0 Å². The second-order valence-electron chi connectivity index (χ2n) is 1.51. The van der Waals surface area contributed by atoms with E-state index in [1.54, 1.807) is 7.11 Å². The maximum Gasteiger partial charge on any atom is 0.0700 e. The minimum atomic E-state index is 0.462. The van der Waals surface area contributed by atoms with E-state index in [1.165, 1.54) is 0 Å². The summed E-state index contributed by atoms with van der Waals surface area (Å²) in [6.45, 7) is 1.70. The van der Waals surface area contributed by atoms with E-state index in [9.17, 15) is 0 Å². The van der Waals surface area contributed by atoms with Crippen molar-refractivity contribution in [1.82, 2.24) is 0 Å². The fourth-order valence-corrected chi connectivity index (χ4v) is 0.362. The van der Waals surface area contributed by atoms with Gasteiger partial charge in [-0.3, -0.25) is 0 Å². The lowest BCUT2D eigenvalue weighted by Crippen LogP contribution is -2.02. The predicted molar refractivity (Wildman–Crippen MR) is 32.9 cm³/mol. The molecule has 0 saturated heterocycles. The monoisotopic (exact) mass is 129 g/mol. The van der Waals surface area contributed by atoms with Gasteiger partial charge in [-0.25, -0.2) is 0 Å². The highest BCUT2D eigenvalue weighted by Gasteiger charge is 1.84. The van der Waals surface area contributed by atoms with Crippen LogP contribution in [0.15, 0.2) is 0 Å². The average molecular weight is 129 g/mol. The summed E-state index contributed by atoms with van der Waals surface area (Å²) in [6.07, 6.45) is 0.462. The van der Waals surface area contributed by atoms with E-state index in [4.69, 9.17) is 14.7 Å². The van der Waals surface area contributed by atoms with Crippen molar-refractivity contribution in [2.75, 3.05) is 26.9 Å². The smallest absolute Gasteiger partial charge is 0.0700 e. The zero-order valence-electron chi connectivity index (χ0n) is 5.59. The van der Waals surface area contributed by atoms with Crippen LogP contribution in [0.4, 0.5) is 0 Å². The van der Waals surface area contributed by atoms with Gasteiger partial charge in [-0.15, -0.1) is 0 Å². The first-order chi connectivity index (χ1) is 4.41. The fraction of sp³-hybridized carbons (Fsp3) is 0.833. The average Bonchev–Trinajstić information content (AvgIpc) is 1.89. The van der Waals surface area contributed by atoms with E-state index >= 15 is 0 Å². The number of nitrogens with zero attached hydrogens (tertiary/aromatic N) is 1. The summed E-state index contributed by atoms with van der Waals surface area (Å²) in [5.74, 6) is 0. The fourth-order valence-electron chi connectivity index (χ4n) is 0.362. The topological polar surface area (TPSA) is 42.2 Å². The van der Waals surface area contributed by atoms with Gasteiger partial charge in [-0.1, -0.05) is 0 Å². The van der Waals surface area contributed by atoms with Crippen molar-refractivity contribution in [3.05, 3.63) is 0 Å². The molecular weight excluding hydrogens is 118 g/mol. The van der Waals surface area contributed by atoms with Gasteiger partial charge in [0.15, 0.2) is 0 Å². The molecule has 0 N–H and O–H groups in total. The normalized spacial score (nSPS) is 8.89. The van der Waals surface area contributed by atoms with E-state index in [-0.39, 0.29) is 0 Å². The molecule has 0 rings (SSSR count). The third-order valence-electron chi connectivity index (χ3n) is 0.790. The van der Waals surface area contributed by atoms with Gasteiger partial charge in [-0.05, 0) is 0 Å². The first kappa shape index (κ1) is 8.41. The van der Waals surface area contributed by atoms with Crippen molar-refractivity contribution in [3.63, 3.8) is 0 Å². The molecule has 0 amide bonds. The number of nitriles is 1.